The van der Waals surface area contributed by atoms with Gasteiger partial charge in [0.15, 0.2) is 17.6 Å². The lowest BCUT2D eigenvalue weighted by atomic mass is 9.90. The van der Waals surface area contributed by atoms with E-state index in [4.69, 9.17) is 9.84 Å². The van der Waals surface area contributed by atoms with Crippen LogP contribution in [0.3, 0.4) is 0 Å². The van der Waals surface area contributed by atoms with Gasteiger partial charge in [0, 0.05) is 17.7 Å². The predicted molar refractivity (Wildman–Crippen MR) is 108 cm³/mol. The maximum Gasteiger partial charge on any atom is 0.354 e. The van der Waals surface area contributed by atoms with Crippen LogP contribution in [-0.4, -0.2) is 46.1 Å². The van der Waals surface area contributed by atoms with Crippen LogP contribution in [0, 0.1) is 11.8 Å². The van der Waals surface area contributed by atoms with Crippen molar-refractivity contribution in [2.75, 3.05) is 18.4 Å². The molecule has 1 unspecified atom stereocenters. The molecule has 2 aromatic rings. The first kappa shape index (κ1) is 21.2. The highest BCUT2D eigenvalue weighted by Crippen LogP contribution is 2.36. The van der Waals surface area contributed by atoms with Gasteiger partial charge in [-0.1, -0.05) is 19.1 Å². The Morgan fingerprint density at radius 3 is 2.65 bits per heavy atom. The highest BCUT2D eigenvalue weighted by atomic mass is 19.1. The van der Waals surface area contributed by atoms with E-state index in [1.807, 2.05) is 6.92 Å². The van der Waals surface area contributed by atoms with Gasteiger partial charge in [-0.25, -0.2) is 14.2 Å². The van der Waals surface area contributed by atoms with Gasteiger partial charge < -0.3 is 15.2 Å². The van der Waals surface area contributed by atoms with Crippen LogP contribution in [0.2, 0.25) is 0 Å². The van der Waals surface area contributed by atoms with E-state index in [9.17, 15) is 18.4 Å². The van der Waals surface area contributed by atoms with Crippen molar-refractivity contribution in [3.63, 3.8) is 0 Å². The Bertz CT molecular complexity index is 1020. The van der Waals surface area contributed by atoms with Gasteiger partial charge in [-0.2, -0.15) is 4.39 Å². The number of carboxylic acids is 1. The van der Waals surface area contributed by atoms with Crippen LogP contribution in [0.1, 0.15) is 53.7 Å². The molecule has 7 nitrogen and oxygen atoms in total. The fourth-order valence-electron chi connectivity index (χ4n) is 4.13. The van der Waals surface area contributed by atoms with Crippen LogP contribution in [0.5, 0.6) is 5.75 Å². The van der Waals surface area contributed by atoms with E-state index in [1.54, 1.807) is 12.1 Å². The highest BCUT2D eigenvalue weighted by Gasteiger charge is 2.30. The smallest absolute Gasteiger partial charge is 0.354 e. The summed E-state index contributed by atoms with van der Waals surface area (Å²) < 4.78 is 34.8. The summed E-state index contributed by atoms with van der Waals surface area (Å²) in [6.07, 6.45) is 1.18. The molecule has 2 aliphatic heterocycles. The van der Waals surface area contributed by atoms with E-state index in [2.05, 4.69) is 15.2 Å². The zero-order valence-corrected chi connectivity index (χ0v) is 17.0. The summed E-state index contributed by atoms with van der Waals surface area (Å²) in [4.78, 5) is 28.5. The molecule has 3 heterocycles. The molecule has 1 aromatic carbocycles. The number of ether oxygens (including phenoxy) is 1. The monoisotopic (exact) mass is 431 g/mol. The number of benzene rings is 1. The molecular weight excluding hydrogens is 408 g/mol. The van der Waals surface area contributed by atoms with Crippen molar-refractivity contribution in [3.05, 3.63) is 52.9 Å². The summed E-state index contributed by atoms with van der Waals surface area (Å²) in [7, 11) is 0. The molecule has 0 bridgehead atoms. The standard InChI is InChI=1S/C22H23F2N3O4/c1-2-16-21(28)26-19-17(31-16)6-3-13(18(19)23)11-27-9-7-12(8-10-27)14-4-5-15(22(29)30)25-20(14)24/h3-6,12,16H,2,7-11H2,1H3,(H,26,28)(H,29,30). The molecule has 1 amide bonds. The van der Waals surface area contributed by atoms with Gasteiger partial charge in [-0.3, -0.25) is 9.69 Å². The number of anilines is 1. The van der Waals surface area contributed by atoms with Gasteiger partial charge in [0.05, 0.1) is 0 Å². The van der Waals surface area contributed by atoms with Gasteiger partial charge in [-0.15, -0.1) is 0 Å². The number of halogens is 2. The molecule has 31 heavy (non-hydrogen) atoms. The molecule has 2 aliphatic rings. The summed E-state index contributed by atoms with van der Waals surface area (Å²) in [5, 5.41) is 11.5. The van der Waals surface area contributed by atoms with Gasteiger partial charge in [0.2, 0.25) is 5.95 Å². The third-order valence-corrected chi connectivity index (χ3v) is 5.88. The normalized spacial score (nSPS) is 19.5. The first-order valence-corrected chi connectivity index (χ1v) is 10.3. The van der Waals surface area contributed by atoms with Crippen molar-refractivity contribution < 1.29 is 28.2 Å². The summed E-state index contributed by atoms with van der Waals surface area (Å²) in [6, 6.07) is 6.14. The van der Waals surface area contributed by atoms with E-state index >= 15 is 0 Å². The Kier molecular flexibility index (Phi) is 5.86. The number of carbonyl (C=O) groups excluding carboxylic acids is 1. The highest BCUT2D eigenvalue weighted by molar-refractivity contribution is 5.98. The fraction of sp³-hybridized carbons (Fsp3) is 0.409. The molecule has 1 saturated heterocycles. The summed E-state index contributed by atoms with van der Waals surface area (Å²) >= 11 is 0. The summed E-state index contributed by atoms with van der Waals surface area (Å²) in [5.41, 5.74) is 0.626. The number of aromatic nitrogens is 1. The fourth-order valence-corrected chi connectivity index (χ4v) is 4.13. The number of hydrogen-bond acceptors (Lipinski definition) is 5. The minimum atomic E-state index is -1.26. The van der Waals surface area contributed by atoms with E-state index in [-0.39, 0.29) is 23.2 Å². The lowest BCUT2D eigenvalue weighted by molar-refractivity contribution is -0.123. The number of aromatic carboxylic acids is 1. The molecule has 9 heteroatoms. The van der Waals surface area contributed by atoms with Crippen LogP contribution < -0.4 is 10.1 Å². The molecule has 2 N–H and O–H groups in total. The number of amides is 1. The number of carboxylic acid groups (broad SMARTS) is 1. The Labute approximate surface area is 178 Å². The zero-order chi connectivity index (χ0) is 22.1. The molecule has 4 rings (SSSR count). The molecule has 1 fully saturated rings. The molecular formula is C22H23F2N3O4. The quantitative estimate of drug-likeness (QED) is 0.704. The zero-order valence-electron chi connectivity index (χ0n) is 17.0. The van der Waals surface area contributed by atoms with Crippen molar-refractivity contribution in [2.45, 2.75) is 44.8 Å². The Morgan fingerprint density at radius 2 is 2.00 bits per heavy atom. The van der Waals surface area contributed by atoms with Gasteiger partial charge >= 0.3 is 5.97 Å². The van der Waals surface area contributed by atoms with E-state index in [0.717, 1.165) is 0 Å². The maximum atomic E-state index is 15.0. The number of carbonyl (C=O) groups is 2. The van der Waals surface area contributed by atoms with E-state index in [1.165, 1.54) is 12.1 Å². The number of nitrogens with one attached hydrogen (secondary N) is 1. The second kappa shape index (κ2) is 8.58. The molecule has 0 spiro atoms. The van der Waals surface area contributed by atoms with Crippen LogP contribution in [0.4, 0.5) is 14.5 Å². The first-order chi connectivity index (χ1) is 14.9. The SMILES string of the molecule is CCC1Oc2ccc(CN3CCC(c4ccc(C(=O)O)nc4F)CC3)c(F)c2NC1=O. The Balaban J connectivity index is 1.41. The number of rotatable bonds is 5. The largest absolute Gasteiger partial charge is 0.478 e. The Morgan fingerprint density at radius 1 is 1.26 bits per heavy atom. The molecule has 1 atom stereocenters. The predicted octanol–water partition coefficient (Wildman–Crippen LogP) is 3.55. The summed E-state index contributed by atoms with van der Waals surface area (Å²) in [6.45, 7) is 3.44. The van der Waals surface area contributed by atoms with Crippen LogP contribution >= 0.6 is 0 Å². The average molecular weight is 431 g/mol. The van der Waals surface area contributed by atoms with Gasteiger partial charge in [-0.05, 0) is 50.4 Å². The number of nitrogens with zero attached hydrogens (tertiary/aromatic N) is 2. The molecule has 0 aliphatic carbocycles. The molecule has 1 aromatic heterocycles. The van der Waals surface area contributed by atoms with Gasteiger partial charge in [0.25, 0.3) is 5.91 Å². The van der Waals surface area contributed by atoms with Gasteiger partial charge in [0.1, 0.15) is 11.4 Å². The molecule has 0 saturated carbocycles. The maximum absolute atomic E-state index is 15.0. The number of fused-ring (bicyclic) bond motifs is 1. The number of piperidine rings is 1. The second-order valence-electron chi connectivity index (χ2n) is 7.85. The van der Waals surface area contributed by atoms with Crippen molar-refractivity contribution in [2.24, 2.45) is 0 Å². The summed E-state index contributed by atoms with van der Waals surface area (Å²) in [5.74, 6) is -2.60. The third-order valence-electron chi connectivity index (χ3n) is 5.88. The lowest BCUT2D eigenvalue weighted by Gasteiger charge is -2.32. The number of likely N-dealkylation sites (tertiary alicyclic amines) is 1. The van der Waals surface area contributed by atoms with Crippen LogP contribution in [0.15, 0.2) is 24.3 Å². The van der Waals surface area contributed by atoms with Crippen molar-refractivity contribution in [1.82, 2.24) is 9.88 Å². The van der Waals surface area contributed by atoms with Crippen molar-refractivity contribution >= 4 is 17.6 Å². The Hall–Kier alpha value is -3.07. The van der Waals surface area contributed by atoms with E-state index in [0.29, 0.717) is 55.8 Å². The van der Waals surface area contributed by atoms with Crippen molar-refractivity contribution in [3.8, 4) is 5.75 Å². The first-order valence-electron chi connectivity index (χ1n) is 10.3. The minimum Gasteiger partial charge on any atom is -0.478 e. The van der Waals surface area contributed by atoms with Crippen LogP contribution in [0.25, 0.3) is 0 Å². The topological polar surface area (TPSA) is 91.8 Å². The van der Waals surface area contributed by atoms with Crippen molar-refractivity contribution in [1.29, 1.82) is 0 Å². The minimum absolute atomic E-state index is 0.0707. The number of hydrogen-bond donors (Lipinski definition) is 2. The molecule has 164 valence electrons. The molecule has 0 radical (unpaired) electrons. The average Bonchev–Trinajstić information content (AvgIpc) is 2.76. The van der Waals surface area contributed by atoms with E-state index < -0.39 is 23.8 Å². The number of pyridine rings is 1. The van der Waals surface area contributed by atoms with Crippen LogP contribution in [-0.2, 0) is 11.3 Å². The second-order valence-corrected chi connectivity index (χ2v) is 7.85. The third kappa shape index (κ3) is 4.23. The lowest BCUT2D eigenvalue weighted by Crippen LogP contribution is -2.37.